The van der Waals surface area contributed by atoms with E-state index in [-0.39, 0.29) is 6.61 Å². The predicted octanol–water partition coefficient (Wildman–Crippen LogP) is 1.41. The van der Waals surface area contributed by atoms with Crippen molar-refractivity contribution in [1.29, 1.82) is 1.43 Å². The van der Waals surface area contributed by atoms with Crippen molar-refractivity contribution in [2.75, 3.05) is 6.61 Å². The average Bonchev–Trinajstić information content (AvgIpc) is 2.19. The van der Waals surface area contributed by atoms with Gasteiger partial charge in [0, 0.05) is 6.61 Å². The lowest BCUT2D eigenvalue weighted by Gasteiger charge is -2.06. The molecule has 0 aromatic heterocycles. The van der Waals surface area contributed by atoms with Crippen molar-refractivity contribution in [3.63, 3.8) is 0 Å². The van der Waals surface area contributed by atoms with Crippen LogP contribution in [0.5, 0.6) is 0 Å². The SMILES string of the molecule is [3H]OCc1ccc(C)c(CCCO)c1. The number of hydrogen-bond donors (Lipinski definition) is 2. The number of rotatable bonds is 5. The van der Waals surface area contributed by atoms with E-state index in [1.165, 1.54) is 11.1 Å². The highest BCUT2D eigenvalue weighted by Crippen LogP contribution is 2.13. The average molecular weight is 182 g/mol. The summed E-state index contributed by atoms with van der Waals surface area (Å²) in [7, 11) is 0. The Labute approximate surface area is 80.3 Å². The maximum Gasteiger partial charge on any atom is 0.211 e. The molecule has 13 heavy (non-hydrogen) atoms. The van der Waals surface area contributed by atoms with E-state index in [1.807, 2.05) is 18.2 Å². The summed E-state index contributed by atoms with van der Waals surface area (Å²) in [6.07, 6.45) is 1.67. The summed E-state index contributed by atoms with van der Waals surface area (Å²) in [5.74, 6) is 0. The fraction of sp³-hybridized carbons (Fsp3) is 0.455. The Balaban J connectivity index is 2.74. The highest BCUT2D eigenvalue weighted by molar-refractivity contribution is 5.30. The molecule has 0 aliphatic carbocycles. The van der Waals surface area contributed by atoms with Crippen molar-refractivity contribution in [2.24, 2.45) is 0 Å². The molecule has 0 unspecified atom stereocenters. The van der Waals surface area contributed by atoms with Crippen molar-refractivity contribution in [1.82, 2.24) is 0 Å². The Morgan fingerprint density at radius 2 is 2.31 bits per heavy atom. The zero-order chi connectivity index (χ0) is 10.4. The van der Waals surface area contributed by atoms with Crippen LogP contribution >= 0.6 is 0 Å². The normalized spacial score (nSPS) is 11.4. The van der Waals surface area contributed by atoms with Gasteiger partial charge in [0.05, 0.1) is 6.61 Å². The van der Waals surface area contributed by atoms with Crippen LogP contribution in [0.3, 0.4) is 0 Å². The third-order valence-electron chi connectivity index (χ3n) is 2.18. The summed E-state index contributed by atoms with van der Waals surface area (Å²) in [5.41, 5.74) is 3.47. The van der Waals surface area contributed by atoms with E-state index in [1.54, 1.807) is 0 Å². The lowest BCUT2D eigenvalue weighted by atomic mass is 10.0. The van der Waals surface area contributed by atoms with Crippen molar-refractivity contribution < 1.29 is 10.2 Å². The van der Waals surface area contributed by atoms with Crippen LogP contribution in [0, 0.1) is 6.92 Å². The van der Waals surface area contributed by atoms with Gasteiger partial charge in [0.15, 0.2) is 0 Å². The molecule has 0 spiro atoms. The smallest absolute Gasteiger partial charge is 0.211 e. The Morgan fingerprint density at radius 3 is 3.00 bits per heavy atom. The number of aliphatic hydroxyl groups is 2. The molecule has 0 saturated heterocycles. The molecule has 0 saturated carbocycles. The molecule has 1 rings (SSSR count). The van der Waals surface area contributed by atoms with Crippen LogP contribution in [0.4, 0.5) is 0 Å². The van der Waals surface area contributed by atoms with Gasteiger partial charge in [0.1, 0.15) is 0 Å². The van der Waals surface area contributed by atoms with Gasteiger partial charge in [0.2, 0.25) is 1.43 Å². The monoisotopic (exact) mass is 182 g/mol. The first-order valence-electron chi connectivity index (χ1n) is 4.96. The standard InChI is InChI=1S/C11H16O2/c1-9-4-5-10(8-13)7-11(9)3-2-6-12/h4-5,7,12-13H,2-3,6,8H2,1H3/i13T. The van der Waals surface area contributed by atoms with Gasteiger partial charge >= 0.3 is 0 Å². The molecule has 0 radical (unpaired) electrons. The lowest BCUT2D eigenvalue weighted by Crippen LogP contribution is -1.95. The van der Waals surface area contributed by atoms with Gasteiger partial charge < -0.3 is 10.2 Å². The van der Waals surface area contributed by atoms with Crippen molar-refractivity contribution in [2.45, 2.75) is 26.4 Å². The molecule has 0 aliphatic heterocycles. The molecule has 0 atom stereocenters. The third kappa shape index (κ3) is 2.83. The number of aryl methyl sites for hydroxylation is 2. The van der Waals surface area contributed by atoms with E-state index in [0.717, 1.165) is 18.4 Å². The molecule has 1 aromatic rings. The van der Waals surface area contributed by atoms with Crippen molar-refractivity contribution in [3.05, 3.63) is 34.9 Å². The first-order valence-corrected chi connectivity index (χ1v) is 4.55. The number of hydrogen-bond acceptors (Lipinski definition) is 2. The van der Waals surface area contributed by atoms with Crippen LogP contribution in [0.25, 0.3) is 0 Å². The largest absolute Gasteiger partial charge is 0.396 e. The van der Waals surface area contributed by atoms with Gasteiger partial charge in [0.25, 0.3) is 0 Å². The van der Waals surface area contributed by atoms with Crippen LogP contribution in [0.15, 0.2) is 18.2 Å². The summed E-state index contributed by atoms with van der Waals surface area (Å²) >= 11 is 0. The second-order valence-electron chi connectivity index (χ2n) is 3.23. The van der Waals surface area contributed by atoms with Crippen LogP contribution in [0.1, 0.15) is 23.1 Å². The molecule has 0 heterocycles. The fourth-order valence-corrected chi connectivity index (χ4v) is 1.35. The van der Waals surface area contributed by atoms with Gasteiger partial charge in [-0.25, -0.2) is 0 Å². The molecule has 2 heteroatoms. The van der Waals surface area contributed by atoms with E-state index in [4.69, 9.17) is 6.54 Å². The van der Waals surface area contributed by atoms with Gasteiger partial charge in [-0.15, -0.1) is 0 Å². The second-order valence-corrected chi connectivity index (χ2v) is 3.23. The zero-order valence-corrected chi connectivity index (χ0v) is 7.92. The molecule has 0 amide bonds. The topological polar surface area (TPSA) is 40.5 Å². The fourth-order valence-electron chi connectivity index (χ4n) is 1.35. The Kier molecular flexibility index (Phi) is 3.35. The minimum absolute atomic E-state index is 0.221. The van der Waals surface area contributed by atoms with Gasteiger partial charge in [-0.3, -0.25) is 0 Å². The summed E-state index contributed by atoms with van der Waals surface area (Å²) in [5, 5.41) is 13.1. The molecular weight excluding hydrogens is 164 g/mol. The van der Waals surface area contributed by atoms with E-state index in [9.17, 15) is 0 Å². The number of aliphatic hydroxyl groups excluding tert-OH is 2. The molecular formula is C11H16O2. The minimum atomic E-state index is 0.221. The molecule has 1 aromatic carbocycles. The summed E-state index contributed by atoms with van der Waals surface area (Å²) in [6.45, 7) is 2.60. The molecule has 0 bridgehead atoms. The lowest BCUT2D eigenvalue weighted by molar-refractivity contribution is 0.281. The van der Waals surface area contributed by atoms with E-state index >= 15 is 0 Å². The summed E-state index contributed by atoms with van der Waals surface area (Å²) in [6, 6.07) is 6.03. The van der Waals surface area contributed by atoms with E-state index in [2.05, 4.69) is 12.0 Å². The van der Waals surface area contributed by atoms with Crippen LogP contribution in [0.2, 0.25) is 0 Å². The highest BCUT2D eigenvalue weighted by atomic mass is 16.3. The Morgan fingerprint density at radius 1 is 1.46 bits per heavy atom. The second kappa shape index (κ2) is 5.00. The van der Waals surface area contributed by atoms with Crippen molar-refractivity contribution >= 4 is 0 Å². The Bertz CT molecular complexity index is 287. The molecule has 2 nitrogen and oxygen atoms in total. The molecule has 2 N–H and O–H groups in total. The molecule has 72 valence electrons. The predicted molar refractivity (Wildman–Crippen MR) is 52.5 cm³/mol. The van der Waals surface area contributed by atoms with Gasteiger partial charge in [-0.2, -0.15) is 0 Å². The zero-order valence-electron chi connectivity index (χ0n) is 8.92. The third-order valence-corrected chi connectivity index (χ3v) is 2.18. The van der Waals surface area contributed by atoms with Crippen LogP contribution in [-0.2, 0) is 13.0 Å². The van der Waals surface area contributed by atoms with Gasteiger partial charge in [-0.05, 0) is 36.5 Å². The molecule has 0 fully saturated rings. The summed E-state index contributed by atoms with van der Waals surface area (Å²) in [4.78, 5) is 0. The number of benzene rings is 1. The molecule has 0 aliphatic rings. The van der Waals surface area contributed by atoms with E-state index < -0.39 is 0 Å². The van der Waals surface area contributed by atoms with Gasteiger partial charge in [-0.1, -0.05) is 18.2 Å². The minimum Gasteiger partial charge on any atom is -0.396 e. The van der Waals surface area contributed by atoms with Crippen molar-refractivity contribution in [3.8, 4) is 0 Å². The quantitative estimate of drug-likeness (QED) is 0.723. The Hall–Kier alpha value is -0.860. The first kappa shape index (κ1) is 8.73. The van der Waals surface area contributed by atoms with Crippen LogP contribution < -0.4 is 0 Å². The first-order chi connectivity index (χ1) is 6.77. The summed E-state index contributed by atoms with van der Waals surface area (Å²) < 4.78 is 6.66. The maximum absolute atomic E-state index is 8.74. The maximum atomic E-state index is 8.74. The van der Waals surface area contributed by atoms with Crippen LogP contribution in [-0.4, -0.2) is 18.3 Å². The highest BCUT2D eigenvalue weighted by Gasteiger charge is 1.99. The van der Waals surface area contributed by atoms with E-state index in [0.29, 0.717) is 6.61 Å².